The van der Waals surface area contributed by atoms with Gasteiger partial charge in [-0.05, 0) is 19.8 Å². The molecule has 0 aromatic heterocycles. The van der Waals surface area contributed by atoms with Crippen LogP contribution in [0.4, 0.5) is 4.39 Å². The minimum absolute atomic E-state index is 0.231. The van der Waals surface area contributed by atoms with E-state index in [0.717, 1.165) is 0 Å². The Hall–Kier alpha value is -0.580. The van der Waals surface area contributed by atoms with E-state index in [-0.39, 0.29) is 12.6 Å². The molecule has 0 bridgehead atoms. The van der Waals surface area contributed by atoms with Crippen LogP contribution >= 0.6 is 0 Å². The van der Waals surface area contributed by atoms with Crippen molar-refractivity contribution in [1.82, 2.24) is 0 Å². The van der Waals surface area contributed by atoms with Gasteiger partial charge in [0.1, 0.15) is 0 Å². The minimum Gasteiger partial charge on any atom is -0.251 e. The van der Waals surface area contributed by atoms with Crippen LogP contribution in [0.1, 0.15) is 12.8 Å². The molecule has 45 valence electrons. The highest BCUT2D eigenvalue weighted by molar-refractivity contribution is 4.83. The van der Waals surface area contributed by atoms with Crippen LogP contribution in [0.15, 0.2) is 0 Å². The zero-order valence-electron chi connectivity index (χ0n) is 4.73. The van der Waals surface area contributed by atoms with Gasteiger partial charge in [0.2, 0.25) is 0 Å². The van der Waals surface area contributed by atoms with E-state index in [2.05, 4.69) is 6.92 Å². The lowest BCUT2D eigenvalue weighted by molar-refractivity contribution is 0.451. The van der Waals surface area contributed by atoms with Gasteiger partial charge in [0.05, 0.1) is 12.7 Å². The third-order valence-corrected chi connectivity index (χ3v) is 0.869. The summed E-state index contributed by atoms with van der Waals surface area (Å²) >= 11 is 0. The van der Waals surface area contributed by atoms with Crippen molar-refractivity contribution in [2.24, 2.45) is 5.92 Å². The summed E-state index contributed by atoms with van der Waals surface area (Å²) in [4.78, 5) is 0. The topological polar surface area (TPSA) is 23.8 Å². The molecule has 0 aromatic carbocycles. The summed E-state index contributed by atoms with van der Waals surface area (Å²) in [5.74, 6) is -0.231. The molecule has 0 amide bonds. The number of hydrogen-bond acceptors (Lipinski definition) is 1. The van der Waals surface area contributed by atoms with E-state index < -0.39 is 0 Å². The minimum atomic E-state index is -0.340. The summed E-state index contributed by atoms with van der Waals surface area (Å²) in [6, 6.07) is 1.92. The standard InChI is InChI=1S/C6H9FN/c1-6(5-8)3-2-4-7/h6H,1-4H2. The molecular formula is C6H9FN. The maximum atomic E-state index is 11.4. The SMILES string of the molecule is [CH2]C(C#N)CCCF. The summed E-state index contributed by atoms with van der Waals surface area (Å²) in [6.07, 6.45) is 1.04. The molecule has 0 rings (SSSR count). The van der Waals surface area contributed by atoms with Crippen LogP contribution in [-0.2, 0) is 0 Å². The molecule has 1 nitrogen and oxygen atoms in total. The zero-order valence-corrected chi connectivity index (χ0v) is 4.73. The fraction of sp³-hybridized carbons (Fsp3) is 0.667. The number of nitrogens with zero attached hydrogens (tertiary/aromatic N) is 1. The summed E-state index contributed by atoms with van der Waals surface area (Å²) < 4.78 is 11.4. The van der Waals surface area contributed by atoms with Crippen molar-refractivity contribution in [2.75, 3.05) is 6.67 Å². The second kappa shape index (κ2) is 4.58. The normalized spacial score (nSPS) is 12.6. The highest BCUT2D eigenvalue weighted by atomic mass is 19.1. The molecule has 0 saturated heterocycles. The first-order valence-electron chi connectivity index (χ1n) is 2.60. The molecule has 0 N–H and O–H groups in total. The quantitative estimate of drug-likeness (QED) is 0.548. The molecule has 0 saturated carbocycles. The molecule has 0 spiro atoms. The van der Waals surface area contributed by atoms with Gasteiger partial charge in [-0.15, -0.1) is 0 Å². The Morgan fingerprint density at radius 1 is 1.75 bits per heavy atom. The van der Waals surface area contributed by atoms with Crippen molar-refractivity contribution in [3.8, 4) is 6.07 Å². The maximum Gasteiger partial charge on any atom is 0.0894 e. The lowest BCUT2D eigenvalue weighted by Crippen LogP contribution is -1.89. The lowest BCUT2D eigenvalue weighted by Gasteiger charge is -1.94. The van der Waals surface area contributed by atoms with E-state index in [1.54, 1.807) is 0 Å². The molecule has 2 heteroatoms. The Labute approximate surface area is 49.1 Å². The molecule has 0 aliphatic heterocycles. The summed E-state index contributed by atoms with van der Waals surface area (Å²) in [5.41, 5.74) is 0. The molecule has 0 aliphatic carbocycles. The van der Waals surface area contributed by atoms with Crippen LogP contribution in [-0.4, -0.2) is 6.67 Å². The molecule has 0 heterocycles. The first kappa shape index (κ1) is 7.42. The first-order chi connectivity index (χ1) is 3.81. The van der Waals surface area contributed by atoms with Crippen molar-refractivity contribution >= 4 is 0 Å². The second-order valence-corrected chi connectivity index (χ2v) is 1.66. The van der Waals surface area contributed by atoms with Gasteiger partial charge >= 0.3 is 0 Å². The smallest absolute Gasteiger partial charge is 0.0894 e. The average molecular weight is 114 g/mol. The summed E-state index contributed by atoms with van der Waals surface area (Å²) in [5, 5.41) is 8.13. The number of halogens is 1. The first-order valence-corrected chi connectivity index (χ1v) is 2.60. The Balaban J connectivity index is 3.02. The van der Waals surface area contributed by atoms with Crippen LogP contribution in [0.3, 0.4) is 0 Å². The van der Waals surface area contributed by atoms with E-state index >= 15 is 0 Å². The van der Waals surface area contributed by atoms with Crippen LogP contribution < -0.4 is 0 Å². The lowest BCUT2D eigenvalue weighted by atomic mass is 10.1. The van der Waals surface area contributed by atoms with Gasteiger partial charge in [0.25, 0.3) is 0 Å². The van der Waals surface area contributed by atoms with Gasteiger partial charge in [0.15, 0.2) is 0 Å². The van der Waals surface area contributed by atoms with E-state index in [0.29, 0.717) is 12.8 Å². The van der Waals surface area contributed by atoms with Crippen LogP contribution in [0, 0.1) is 24.2 Å². The van der Waals surface area contributed by atoms with Gasteiger partial charge in [0, 0.05) is 5.92 Å². The van der Waals surface area contributed by atoms with Gasteiger partial charge in [-0.3, -0.25) is 4.39 Å². The molecule has 0 aliphatic rings. The predicted molar refractivity (Wildman–Crippen MR) is 29.7 cm³/mol. The van der Waals surface area contributed by atoms with Crippen LogP contribution in [0.2, 0.25) is 0 Å². The molecule has 8 heavy (non-hydrogen) atoms. The van der Waals surface area contributed by atoms with Crippen molar-refractivity contribution in [3.63, 3.8) is 0 Å². The van der Waals surface area contributed by atoms with Crippen LogP contribution in [0.5, 0.6) is 0 Å². The fourth-order valence-electron chi connectivity index (χ4n) is 0.388. The second-order valence-electron chi connectivity index (χ2n) is 1.66. The highest BCUT2D eigenvalue weighted by Gasteiger charge is 1.96. The molecule has 1 unspecified atom stereocenters. The van der Waals surface area contributed by atoms with Crippen molar-refractivity contribution < 1.29 is 4.39 Å². The monoisotopic (exact) mass is 114 g/mol. The number of hydrogen-bond donors (Lipinski definition) is 0. The number of nitriles is 1. The summed E-state index contributed by atoms with van der Waals surface area (Å²) in [6.45, 7) is 3.13. The number of rotatable bonds is 3. The Morgan fingerprint density at radius 2 is 2.38 bits per heavy atom. The van der Waals surface area contributed by atoms with Gasteiger partial charge in [-0.1, -0.05) is 0 Å². The fourth-order valence-corrected chi connectivity index (χ4v) is 0.388. The van der Waals surface area contributed by atoms with E-state index in [4.69, 9.17) is 5.26 Å². The average Bonchev–Trinajstić information content (AvgIpc) is 1.83. The number of alkyl halides is 1. The van der Waals surface area contributed by atoms with Crippen molar-refractivity contribution in [1.29, 1.82) is 5.26 Å². The molecule has 1 radical (unpaired) electrons. The molecule has 1 atom stereocenters. The molecule has 0 fully saturated rings. The van der Waals surface area contributed by atoms with E-state index in [1.807, 2.05) is 6.07 Å². The van der Waals surface area contributed by atoms with Crippen molar-refractivity contribution in [3.05, 3.63) is 6.92 Å². The summed E-state index contributed by atoms with van der Waals surface area (Å²) in [7, 11) is 0. The van der Waals surface area contributed by atoms with E-state index in [9.17, 15) is 4.39 Å². The predicted octanol–water partition coefficient (Wildman–Crippen LogP) is 1.71. The Kier molecular flexibility index (Phi) is 4.24. The van der Waals surface area contributed by atoms with Crippen LogP contribution in [0.25, 0.3) is 0 Å². The van der Waals surface area contributed by atoms with Gasteiger partial charge in [-0.25, -0.2) is 0 Å². The highest BCUT2D eigenvalue weighted by Crippen LogP contribution is 2.01. The maximum absolute atomic E-state index is 11.4. The zero-order chi connectivity index (χ0) is 6.41. The van der Waals surface area contributed by atoms with Gasteiger partial charge in [-0.2, -0.15) is 5.26 Å². The molecule has 0 aromatic rings. The molecular weight excluding hydrogens is 105 g/mol. The Morgan fingerprint density at radius 3 is 2.75 bits per heavy atom. The van der Waals surface area contributed by atoms with Crippen molar-refractivity contribution in [2.45, 2.75) is 12.8 Å². The third-order valence-electron chi connectivity index (χ3n) is 0.869. The van der Waals surface area contributed by atoms with E-state index in [1.165, 1.54) is 0 Å². The van der Waals surface area contributed by atoms with Gasteiger partial charge < -0.3 is 0 Å². The Bertz CT molecular complexity index is 85.0. The third kappa shape index (κ3) is 3.60. The largest absolute Gasteiger partial charge is 0.251 e.